The van der Waals surface area contributed by atoms with Crippen molar-refractivity contribution in [2.75, 3.05) is 14.1 Å². The van der Waals surface area contributed by atoms with E-state index in [0.717, 1.165) is 0 Å². The molecule has 0 spiro atoms. The van der Waals surface area contributed by atoms with Crippen molar-refractivity contribution >= 4 is 15.9 Å². The van der Waals surface area contributed by atoms with Crippen LogP contribution in [-0.2, 0) is 16.6 Å². The first-order valence-electron chi connectivity index (χ1n) is 6.87. The Morgan fingerprint density at radius 2 is 1.74 bits per heavy atom. The van der Waals surface area contributed by atoms with E-state index >= 15 is 0 Å². The van der Waals surface area contributed by atoms with Gasteiger partial charge in [-0.3, -0.25) is 4.79 Å². The van der Waals surface area contributed by atoms with Crippen molar-refractivity contribution in [2.45, 2.75) is 11.4 Å². The van der Waals surface area contributed by atoms with Gasteiger partial charge < -0.3 is 4.90 Å². The maximum absolute atomic E-state index is 13.6. The third-order valence-corrected chi connectivity index (χ3v) is 4.82. The van der Waals surface area contributed by atoms with Gasteiger partial charge in [-0.05, 0) is 37.4 Å². The summed E-state index contributed by atoms with van der Waals surface area (Å²) in [6.45, 7) is 0.127. The molecule has 0 radical (unpaired) electrons. The van der Waals surface area contributed by atoms with Gasteiger partial charge in [-0.15, -0.1) is 0 Å². The smallest absolute Gasteiger partial charge is 0.253 e. The summed E-state index contributed by atoms with van der Waals surface area (Å²) >= 11 is 0. The molecule has 2 aromatic rings. The molecule has 1 amide bonds. The van der Waals surface area contributed by atoms with Crippen LogP contribution in [0.4, 0.5) is 4.39 Å². The molecule has 0 unspecified atom stereocenters. The van der Waals surface area contributed by atoms with Gasteiger partial charge in [0.2, 0.25) is 10.0 Å². The summed E-state index contributed by atoms with van der Waals surface area (Å²) in [6, 6.07) is 11.8. The van der Waals surface area contributed by atoms with Crippen molar-refractivity contribution in [3.8, 4) is 0 Å². The molecule has 2 rings (SSSR count). The highest BCUT2D eigenvalue weighted by Crippen LogP contribution is 2.14. The maximum Gasteiger partial charge on any atom is 0.253 e. The van der Waals surface area contributed by atoms with E-state index < -0.39 is 10.0 Å². The molecule has 0 aliphatic carbocycles. The number of hydrogen-bond acceptors (Lipinski definition) is 3. The quantitative estimate of drug-likeness (QED) is 0.908. The fraction of sp³-hybridized carbons (Fsp3) is 0.188. The monoisotopic (exact) mass is 336 g/mol. The molecule has 0 saturated heterocycles. The predicted octanol–water partition coefficient (Wildman–Crippen LogP) is 2.01. The molecule has 0 atom stereocenters. The normalized spacial score (nSPS) is 11.3. The third kappa shape index (κ3) is 3.94. The molecule has 0 heterocycles. The maximum atomic E-state index is 13.6. The molecule has 0 aliphatic rings. The molecular formula is C16H17FN2O3S. The number of hydrogen-bond donors (Lipinski definition) is 1. The Hall–Kier alpha value is -2.25. The van der Waals surface area contributed by atoms with Crippen molar-refractivity contribution in [3.05, 3.63) is 65.5 Å². The zero-order valence-electron chi connectivity index (χ0n) is 12.8. The zero-order chi connectivity index (χ0) is 17.0. The van der Waals surface area contributed by atoms with Gasteiger partial charge in [0.25, 0.3) is 5.91 Å². The first-order valence-corrected chi connectivity index (χ1v) is 8.36. The fourth-order valence-electron chi connectivity index (χ4n) is 2.07. The molecule has 0 saturated carbocycles. The van der Waals surface area contributed by atoms with Gasteiger partial charge in [0.15, 0.2) is 0 Å². The molecular weight excluding hydrogens is 319 g/mol. The van der Waals surface area contributed by atoms with E-state index in [1.165, 1.54) is 42.3 Å². The number of carbonyl (C=O) groups excluding carboxylic acids is 1. The Balaban J connectivity index is 2.15. The second-order valence-corrected chi connectivity index (χ2v) is 6.87. The first-order chi connectivity index (χ1) is 10.8. The second-order valence-electron chi connectivity index (χ2n) is 4.98. The molecule has 23 heavy (non-hydrogen) atoms. The predicted molar refractivity (Wildman–Crippen MR) is 84.9 cm³/mol. The number of carbonyl (C=O) groups is 1. The summed E-state index contributed by atoms with van der Waals surface area (Å²) in [6.07, 6.45) is 0. The van der Waals surface area contributed by atoms with E-state index in [1.54, 1.807) is 25.2 Å². The minimum absolute atomic E-state index is 0.0771. The van der Waals surface area contributed by atoms with Crippen LogP contribution in [0.15, 0.2) is 53.4 Å². The minimum atomic E-state index is -3.54. The van der Waals surface area contributed by atoms with Gasteiger partial charge in [0.1, 0.15) is 5.82 Å². The van der Waals surface area contributed by atoms with Crippen LogP contribution in [0.25, 0.3) is 0 Å². The zero-order valence-corrected chi connectivity index (χ0v) is 13.6. The lowest BCUT2D eigenvalue weighted by atomic mass is 10.1. The van der Waals surface area contributed by atoms with Gasteiger partial charge in [0, 0.05) is 24.7 Å². The van der Waals surface area contributed by atoms with Crippen molar-refractivity contribution in [1.29, 1.82) is 0 Å². The standard InChI is InChI=1S/C16H17FN2O3S/c1-18-23(21,22)14-9-7-12(8-10-14)16(20)19(2)11-13-5-3-4-6-15(13)17/h3-10,18H,11H2,1-2H3. The first kappa shape index (κ1) is 17.1. The van der Waals surface area contributed by atoms with E-state index in [4.69, 9.17) is 0 Å². The second kappa shape index (κ2) is 6.89. The van der Waals surface area contributed by atoms with Gasteiger partial charge in [-0.1, -0.05) is 18.2 Å². The Labute approximate surface area is 134 Å². The molecule has 0 fully saturated rings. The summed E-state index contributed by atoms with van der Waals surface area (Å²) in [4.78, 5) is 13.8. The van der Waals surface area contributed by atoms with Crippen LogP contribution in [0.3, 0.4) is 0 Å². The Morgan fingerprint density at radius 1 is 1.13 bits per heavy atom. The topological polar surface area (TPSA) is 66.5 Å². The highest BCUT2D eigenvalue weighted by molar-refractivity contribution is 7.89. The number of amides is 1. The molecule has 5 nitrogen and oxygen atoms in total. The molecule has 2 aromatic carbocycles. The Morgan fingerprint density at radius 3 is 2.30 bits per heavy atom. The van der Waals surface area contributed by atoms with Crippen LogP contribution in [0.5, 0.6) is 0 Å². The van der Waals surface area contributed by atoms with Gasteiger partial charge in [0.05, 0.1) is 4.90 Å². The summed E-state index contributed by atoms with van der Waals surface area (Å²) in [5.41, 5.74) is 0.747. The van der Waals surface area contributed by atoms with Crippen LogP contribution < -0.4 is 4.72 Å². The average molecular weight is 336 g/mol. The SMILES string of the molecule is CNS(=O)(=O)c1ccc(C(=O)N(C)Cc2ccccc2F)cc1. The summed E-state index contributed by atoms with van der Waals surface area (Å²) in [7, 11) is -0.661. The summed E-state index contributed by atoms with van der Waals surface area (Å²) in [5.74, 6) is -0.690. The fourth-order valence-corrected chi connectivity index (χ4v) is 2.80. The van der Waals surface area contributed by atoms with E-state index in [0.29, 0.717) is 11.1 Å². The number of sulfonamides is 1. The van der Waals surface area contributed by atoms with Crippen LogP contribution in [0, 0.1) is 5.82 Å². The number of rotatable bonds is 5. The Kier molecular flexibility index (Phi) is 5.12. The van der Waals surface area contributed by atoms with E-state index in [1.807, 2.05) is 0 Å². The molecule has 1 N–H and O–H groups in total. The van der Waals surface area contributed by atoms with Crippen molar-refractivity contribution in [2.24, 2.45) is 0 Å². The Bertz CT molecular complexity index is 804. The summed E-state index contributed by atoms with van der Waals surface area (Å²) in [5, 5.41) is 0. The van der Waals surface area contributed by atoms with E-state index in [9.17, 15) is 17.6 Å². The number of benzene rings is 2. The van der Waals surface area contributed by atoms with Gasteiger partial charge in [-0.2, -0.15) is 0 Å². The highest BCUT2D eigenvalue weighted by atomic mass is 32.2. The third-order valence-electron chi connectivity index (χ3n) is 3.39. The van der Waals surface area contributed by atoms with Gasteiger partial charge >= 0.3 is 0 Å². The van der Waals surface area contributed by atoms with Crippen LogP contribution >= 0.6 is 0 Å². The lowest BCUT2D eigenvalue weighted by molar-refractivity contribution is 0.0783. The number of halogens is 1. The number of nitrogens with one attached hydrogen (secondary N) is 1. The van der Waals surface area contributed by atoms with Gasteiger partial charge in [-0.25, -0.2) is 17.5 Å². The van der Waals surface area contributed by atoms with Crippen molar-refractivity contribution < 1.29 is 17.6 Å². The molecule has 0 aliphatic heterocycles. The minimum Gasteiger partial charge on any atom is -0.337 e. The lowest BCUT2D eigenvalue weighted by Crippen LogP contribution is -2.26. The van der Waals surface area contributed by atoms with Crippen molar-refractivity contribution in [3.63, 3.8) is 0 Å². The number of nitrogens with zero attached hydrogens (tertiary/aromatic N) is 1. The highest BCUT2D eigenvalue weighted by Gasteiger charge is 2.16. The molecule has 0 bridgehead atoms. The van der Waals surface area contributed by atoms with E-state index in [-0.39, 0.29) is 23.2 Å². The molecule has 7 heteroatoms. The van der Waals surface area contributed by atoms with Crippen LogP contribution in [0.2, 0.25) is 0 Å². The largest absolute Gasteiger partial charge is 0.337 e. The van der Waals surface area contributed by atoms with E-state index in [2.05, 4.69) is 4.72 Å². The van der Waals surface area contributed by atoms with Crippen molar-refractivity contribution in [1.82, 2.24) is 9.62 Å². The van der Waals surface area contributed by atoms with Crippen LogP contribution in [0.1, 0.15) is 15.9 Å². The molecule has 122 valence electrons. The summed E-state index contributed by atoms with van der Waals surface area (Å²) < 4.78 is 39.1. The molecule has 0 aromatic heterocycles. The lowest BCUT2D eigenvalue weighted by Gasteiger charge is -2.18. The van der Waals surface area contributed by atoms with Crippen LogP contribution in [-0.4, -0.2) is 33.3 Å². The average Bonchev–Trinajstić information content (AvgIpc) is 2.56.